The summed E-state index contributed by atoms with van der Waals surface area (Å²) in [6.45, 7) is 4.27. The Morgan fingerprint density at radius 3 is 2.37 bits per heavy atom. The second-order valence-corrected chi connectivity index (χ2v) is 7.36. The first-order valence-corrected chi connectivity index (χ1v) is 10.5. The highest BCUT2D eigenvalue weighted by molar-refractivity contribution is 5.66. The molecule has 0 fully saturated rings. The van der Waals surface area contributed by atoms with E-state index in [9.17, 15) is 15.0 Å². The molecule has 4 heteroatoms. The summed E-state index contributed by atoms with van der Waals surface area (Å²) in [4.78, 5) is 10.4. The molecule has 0 heterocycles. The highest BCUT2D eigenvalue weighted by atomic mass is 16.4. The Morgan fingerprint density at radius 1 is 0.926 bits per heavy atom. The maximum Gasteiger partial charge on any atom is 0.303 e. The predicted molar refractivity (Wildman–Crippen MR) is 113 cm³/mol. The van der Waals surface area contributed by atoms with E-state index in [0.717, 1.165) is 38.5 Å². The van der Waals surface area contributed by atoms with E-state index in [1.807, 2.05) is 18.2 Å². The Morgan fingerprint density at radius 2 is 1.67 bits per heavy atom. The normalized spacial score (nSPS) is 15.7. The zero-order valence-electron chi connectivity index (χ0n) is 17.2. The molecule has 0 aromatic carbocycles. The fourth-order valence-electron chi connectivity index (χ4n) is 2.78. The van der Waals surface area contributed by atoms with Gasteiger partial charge in [-0.15, -0.1) is 0 Å². The number of unbranched alkanes of at least 4 members (excludes halogenated alkanes) is 4. The van der Waals surface area contributed by atoms with E-state index >= 15 is 0 Å². The predicted octanol–water partition coefficient (Wildman–Crippen LogP) is 5.41. The van der Waals surface area contributed by atoms with E-state index < -0.39 is 12.1 Å². The molecule has 0 aliphatic heterocycles. The summed E-state index contributed by atoms with van der Waals surface area (Å²) in [5.74, 6) is -0.458. The summed E-state index contributed by atoms with van der Waals surface area (Å²) in [6, 6.07) is 0. The van der Waals surface area contributed by atoms with Crippen LogP contribution in [0.1, 0.15) is 84.5 Å². The largest absolute Gasteiger partial charge is 0.481 e. The molecular formula is C23H40O4. The lowest BCUT2D eigenvalue weighted by Crippen LogP contribution is -2.16. The first kappa shape index (κ1) is 25.6. The smallest absolute Gasteiger partial charge is 0.303 e. The highest BCUT2D eigenvalue weighted by Crippen LogP contribution is 2.15. The highest BCUT2D eigenvalue weighted by Gasteiger charge is 2.11. The molecule has 0 aliphatic rings. The molecule has 27 heavy (non-hydrogen) atoms. The maximum absolute atomic E-state index is 10.4. The van der Waals surface area contributed by atoms with Crippen LogP contribution in [-0.4, -0.2) is 33.5 Å². The van der Waals surface area contributed by atoms with Crippen LogP contribution in [-0.2, 0) is 4.79 Å². The number of rotatable bonds is 17. The zero-order chi connectivity index (χ0) is 20.3. The molecule has 156 valence electrons. The molecule has 0 aromatic heterocycles. The number of hydrogen-bond donors (Lipinski definition) is 3. The number of carboxylic acids is 1. The van der Waals surface area contributed by atoms with Crippen molar-refractivity contribution in [2.45, 2.75) is 96.7 Å². The minimum atomic E-state index is -0.757. The number of carboxylic acid groups (broad SMARTS) is 1. The second-order valence-electron chi connectivity index (χ2n) is 7.36. The van der Waals surface area contributed by atoms with Crippen LogP contribution in [0.15, 0.2) is 36.5 Å². The Hall–Kier alpha value is -1.39. The van der Waals surface area contributed by atoms with Crippen LogP contribution < -0.4 is 0 Å². The summed E-state index contributed by atoms with van der Waals surface area (Å²) < 4.78 is 0. The van der Waals surface area contributed by atoms with Gasteiger partial charge >= 0.3 is 5.97 Å². The van der Waals surface area contributed by atoms with Gasteiger partial charge in [-0.25, -0.2) is 0 Å². The summed E-state index contributed by atoms with van der Waals surface area (Å²) in [5.41, 5.74) is 0. The van der Waals surface area contributed by atoms with Gasteiger partial charge in [0.05, 0.1) is 12.2 Å². The molecule has 0 amide bonds. The molecular weight excluding hydrogens is 340 g/mol. The molecule has 3 atom stereocenters. The van der Waals surface area contributed by atoms with Crippen molar-refractivity contribution in [3.8, 4) is 0 Å². The summed E-state index contributed by atoms with van der Waals surface area (Å²) in [7, 11) is 0. The third kappa shape index (κ3) is 17.8. The van der Waals surface area contributed by atoms with Crippen LogP contribution >= 0.6 is 0 Å². The molecule has 0 aromatic rings. The third-order valence-corrected chi connectivity index (χ3v) is 4.68. The zero-order valence-corrected chi connectivity index (χ0v) is 17.2. The number of allylic oxidation sites excluding steroid dienone is 5. The van der Waals surface area contributed by atoms with Crippen LogP contribution in [0.3, 0.4) is 0 Å². The molecule has 0 aliphatic carbocycles. The molecule has 0 spiro atoms. The van der Waals surface area contributed by atoms with Crippen LogP contribution in [0, 0.1) is 5.92 Å². The van der Waals surface area contributed by atoms with Gasteiger partial charge in [0.15, 0.2) is 0 Å². The average Bonchev–Trinajstić information content (AvgIpc) is 2.63. The minimum Gasteiger partial charge on any atom is -0.481 e. The van der Waals surface area contributed by atoms with E-state index in [1.165, 1.54) is 12.8 Å². The van der Waals surface area contributed by atoms with Gasteiger partial charge in [0, 0.05) is 6.42 Å². The van der Waals surface area contributed by atoms with Crippen LogP contribution in [0.4, 0.5) is 0 Å². The summed E-state index contributed by atoms with van der Waals surface area (Å²) in [6.07, 6.45) is 20.5. The van der Waals surface area contributed by atoms with Gasteiger partial charge in [-0.05, 0) is 38.0 Å². The van der Waals surface area contributed by atoms with Crippen molar-refractivity contribution in [1.82, 2.24) is 0 Å². The number of aliphatic hydroxyl groups is 2. The lowest BCUT2D eigenvalue weighted by molar-refractivity contribution is -0.137. The van der Waals surface area contributed by atoms with E-state index in [-0.39, 0.29) is 12.5 Å². The maximum atomic E-state index is 10.4. The van der Waals surface area contributed by atoms with E-state index in [4.69, 9.17) is 5.11 Å². The Kier molecular flexibility index (Phi) is 17.1. The van der Waals surface area contributed by atoms with Crippen molar-refractivity contribution >= 4 is 5.97 Å². The lowest BCUT2D eigenvalue weighted by Gasteiger charge is -2.16. The van der Waals surface area contributed by atoms with Crippen molar-refractivity contribution in [2.24, 2.45) is 5.92 Å². The Balaban J connectivity index is 3.75. The van der Waals surface area contributed by atoms with Crippen molar-refractivity contribution in [3.63, 3.8) is 0 Å². The lowest BCUT2D eigenvalue weighted by atomic mass is 9.96. The first-order valence-electron chi connectivity index (χ1n) is 10.5. The van der Waals surface area contributed by atoms with Crippen LogP contribution in [0.5, 0.6) is 0 Å². The molecule has 0 saturated heterocycles. The van der Waals surface area contributed by atoms with Crippen molar-refractivity contribution in [1.29, 1.82) is 0 Å². The monoisotopic (exact) mass is 380 g/mol. The van der Waals surface area contributed by atoms with Gasteiger partial charge in [-0.1, -0.05) is 82.4 Å². The third-order valence-electron chi connectivity index (χ3n) is 4.68. The van der Waals surface area contributed by atoms with E-state index in [2.05, 4.69) is 26.0 Å². The first-order chi connectivity index (χ1) is 13.0. The van der Waals surface area contributed by atoms with Crippen molar-refractivity contribution < 1.29 is 20.1 Å². The van der Waals surface area contributed by atoms with E-state index in [1.54, 1.807) is 6.08 Å². The molecule has 0 rings (SSSR count). The molecule has 0 saturated carbocycles. The van der Waals surface area contributed by atoms with Crippen LogP contribution in [0.25, 0.3) is 0 Å². The topological polar surface area (TPSA) is 77.8 Å². The van der Waals surface area contributed by atoms with E-state index in [0.29, 0.717) is 18.8 Å². The number of aliphatic hydroxyl groups excluding tert-OH is 2. The average molecular weight is 381 g/mol. The molecule has 3 N–H and O–H groups in total. The fraction of sp³-hybridized carbons (Fsp3) is 0.696. The van der Waals surface area contributed by atoms with Gasteiger partial charge in [0.2, 0.25) is 0 Å². The van der Waals surface area contributed by atoms with Gasteiger partial charge in [-0.3, -0.25) is 4.79 Å². The SMILES string of the molecule is CCCCCC(O)C(C)C/C=C\C/C=C\C=C\C(O)CCCCCC(=O)O. The van der Waals surface area contributed by atoms with Crippen molar-refractivity contribution in [3.05, 3.63) is 36.5 Å². The summed E-state index contributed by atoms with van der Waals surface area (Å²) >= 11 is 0. The number of aliphatic carboxylic acids is 1. The molecule has 0 bridgehead atoms. The summed E-state index contributed by atoms with van der Waals surface area (Å²) in [5, 5.41) is 28.4. The molecule has 3 unspecified atom stereocenters. The number of hydrogen-bond acceptors (Lipinski definition) is 3. The second kappa shape index (κ2) is 18.0. The van der Waals surface area contributed by atoms with Gasteiger partial charge in [0.25, 0.3) is 0 Å². The Bertz CT molecular complexity index is 440. The standard InChI is InChI=1S/C23H40O4/c1-3-4-10-18-22(25)20(2)15-11-7-5-6-8-12-16-21(24)17-13-9-14-19-23(26)27/h6-8,11-12,16,20-22,24-25H,3-5,9-10,13-15,17-19H2,1-2H3,(H,26,27)/b8-6-,11-7-,16-12+. The molecule has 4 nitrogen and oxygen atoms in total. The Labute approximate surface area is 165 Å². The molecule has 0 radical (unpaired) electrons. The van der Waals surface area contributed by atoms with Gasteiger partial charge in [0.1, 0.15) is 0 Å². The van der Waals surface area contributed by atoms with Gasteiger partial charge in [-0.2, -0.15) is 0 Å². The van der Waals surface area contributed by atoms with Gasteiger partial charge < -0.3 is 15.3 Å². The van der Waals surface area contributed by atoms with Crippen molar-refractivity contribution in [2.75, 3.05) is 0 Å². The fourth-order valence-corrected chi connectivity index (χ4v) is 2.78. The van der Waals surface area contributed by atoms with Crippen LogP contribution in [0.2, 0.25) is 0 Å². The quantitative estimate of drug-likeness (QED) is 0.179. The minimum absolute atomic E-state index is 0.203. The number of carbonyl (C=O) groups is 1.